The fourth-order valence-corrected chi connectivity index (χ4v) is 6.27. The molecule has 8 nitrogen and oxygen atoms in total. The van der Waals surface area contributed by atoms with Crippen molar-refractivity contribution in [3.8, 4) is 17.2 Å². The standard InChI is InChI=1S/C31H37FN4O4S/c32-22-7-13-25(14-8-22)40-20-3-1-2-17-33-18-15-29(38)35-19-16-28-27(21-35)30(39)36(23-9-11-24(37)12-10-23)31(34-28)41-26-5-4-6-26/h7-14,26,33,37H,1-6,15-21H2. The van der Waals surface area contributed by atoms with Gasteiger partial charge in [0.1, 0.15) is 17.3 Å². The van der Waals surface area contributed by atoms with E-state index >= 15 is 0 Å². The van der Waals surface area contributed by atoms with Crippen LogP contribution in [0.1, 0.15) is 56.2 Å². The van der Waals surface area contributed by atoms with Gasteiger partial charge in [0.2, 0.25) is 5.91 Å². The van der Waals surface area contributed by atoms with E-state index in [1.54, 1.807) is 57.6 Å². The van der Waals surface area contributed by atoms with Crippen LogP contribution in [0.25, 0.3) is 5.69 Å². The average Bonchev–Trinajstić information content (AvgIpc) is 2.95. The first-order chi connectivity index (χ1) is 20.0. The van der Waals surface area contributed by atoms with Crippen molar-refractivity contribution in [1.29, 1.82) is 0 Å². The molecule has 3 aromatic rings. The summed E-state index contributed by atoms with van der Waals surface area (Å²) in [5.41, 5.74) is 1.89. The number of aromatic nitrogens is 2. The number of rotatable bonds is 13. The van der Waals surface area contributed by atoms with E-state index in [4.69, 9.17) is 9.72 Å². The molecular weight excluding hydrogens is 543 g/mol. The third-order valence-corrected chi connectivity index (χ3v) is 8.87. The summed E-state index contributed by atoms with van der Waals surface area (Å²) in [5.74, 6) is 0.568. The van der Waals surface area contributed by atoms with Gasteiger partial charge in [-0.05, 0) is 87.2 Å². The van der Waals surface area contributed by atoms with Crippen molar-refractivity contribution in [3.05, 3.63) is 76.0 Å². The second kappa shape index (κ2) is 14.0. The van der Waals surface area contributed by atoms with Crippen molar-refractivity contribution in [2.24, 2.45) is 0 Å². The third-order valence-electron chi connectivity index (χ3n) is 7.58. The Balaban J connectivity index is 1.10. The van der Waals surface area contributed by atoms with Crippen LogP contribution in [-0.2, 0) is 17.8 Å². The SMILES string of the molecule is O=C(CCNCCCCCOc1ccc(F)cc1)N1CCc2nc(SC3CCC3)n(-c3ccc(O)cc3)c(=O)c2C1. The molecule has 10 heteroatoms. The minimum Gasteiger partial charge on any atom is -0.508 e. The summed E-state index contributed by atoms with van der Waals surface area (Å²) < 4.78 is 20.2. The maximum absolute atomic E-state index is 13.8. The van der Waals surface area contributed by atoms with Gasteiger partial charge in [-0.25, -0.2) is 9.37 Å². The molecule has 1 saturated carbocycles. The summed E-state index contributed by atoms with van der Waals surface area (Å²) in [6.45, 7) is 2.81. The van der Waals surface area contributed by atoms with E-state index in [9.17, 15) is 19.1 Å². The van der Waals surface area contributed by atoms with Crippen molar-refractivity contribution >= 4 is 17.7 Å². The van der Waals surface area contributed by atoms with Crippen LogP contribution < -0.4 is 15.6 Å². The largest absolute Gasteiger partial charge is 0.508 e. The van der Waals surface area contributed by atoms with Crippen molar-refractivity contribution in [3.63, 3.8) is 0 Å². The number of nitrogens with one attached hydrogen (secondary N) is 1. The molecule has 0 spiro atoms. The van der Waals surface area contributed by atoms with Gasteiger partial charge in [0.25, 0.3) is 5.56 Å². The maximum atomic E-state index is 13.8. The summed E-state index contributed by atoms with van der Waals surface area (Å²) in [6, 6.07) is 12.6. The van der Waals surface area contributed by atoms with Gasteiger partial charge < -0.3 is 20.1 Å². The van der Waals surface area contributed by atoms with Gasteiger partial charge in [-0.2, -0.15) is 0 Å². The molecule has 2 N–H and O–H groups in total. The molecular formula is C31H37FN4O4S. The predicted octanol–water partition coefficient (Wildman–Crippen LogP) is 4.84. The van der Waals surface area contributed by atoms with Crippen LogP contribution >= 0.6 is 11.8 Å². The summed E-state index contributed by atoms with van der Waals surface area (Å²) in [7, 11) is 0. The number of unbranched alkanes of at least 4 members (excludes halogenated alkanes) is 2. The molecule has 1 aliphatic carbocycles. The van der Waals surface area contributed by atoms with Gasteiger partial charge in [0.15, 0.2) is 5.16 Å². The predicted molar refractivity (Wildman–Crippen MR) is 157 cm³/mol. The number of carbonyl (C=O) groups excluding carboxylic acids is 1. The third kappa shape index (κ3) is 7.68. The van der Waals surface area contributed by atoms with E-state index < -0.39 is 0 Å². The lowest BCUT2D eigenvalue weighted by molar-refractivity contribution is -0.132. The highest BCUT2D eigenvalue weighted by molar-refractivity contribution is 7.99. The van der Waals surface area contributed by atoms with Crippen LogP contribution in [0.3, 0.4) is 0 Å². The lowest BCUT2D eigenvalue weighted by Crippen LogP contribution is -2.42. The molecule has 0 saturated heterocycles. The smallest absolute Gasteiger partial charge is 0.264 e. The highest BCUT2D eigenvalue weighted by Crippen LogP contribution is 2.36. The lowest BCUT2D eigenvalue weighted by Gasteiger charge is -2.30. The minimum atomic E-state index is -0.273. The Morgan fingerprint density at radius 2 is 1.85 bits per heavy atom. The number of phenols is 1. The Morgan fingerprint density at radius 1 is 1.07 bits per heavy atom. The van der Waals surface area contributed by atoms with Crippen molar-refractivity contribution in [2.75, 3.05) is 26.2 Å². The van der Waals surface area contributed by atoms with Crippen molar-refractivity contribution in [2.45, 2.75) is 68.3 Å². The number of phenolic OH excluding ortho intramolecular Hbond substituents is 1. The Labute approximate surface area is 243 Å². The summed E-state index contributed by atoms with van der Waals surface area (Å²) in [5, 5.41) is 14.2. The quantitative estimate of drug-likeness (QED) is 0.221. The Kier molecular flexibility index (Phi) is 9.95. The molecule has 2 heterocycles. The normalized spacial score (nSPS) is 14.9. The number of fused-ring (bicyclic) bond motifs is 1. The number of thioether (sulfide) groups is 1. The maximum Gasteiger partial charge on any atom is 0.264 e. The molecule has 0 atom stereocenters. The van der Waals surface area contributed by atoms with Crippen LogP contribution in [0.2, 0.25) is 0 Å². The van der Waals surface area contributed by atoms with Gasteiger partial charge in [-0.1, -0.05) is 18.2 Å². The summed E-state index contributed by atoms with van der Waals surface area (Å²) >= 11 is 1.65. The minimum absolute atomic E-state index is 0.0272. The molecule has 1 aromatic heterocycles. The van der Waals surface area contributed by atoms with Crippen molar-refractivity contribution in [1.82, 2.24) is 19.8 Å². The van der Waals surface area contributed by atoms with E-state index in [0.29, 0.717) is 59.9 Å². The van der Waals surface area contributed by atoms with Gasteiger partial charge in [-0.3, -0.25) is 14.2 Å². The second-order valence-corrected chi connectivity index (χ2v) is 11.8. The Hall–Kier alpha value is -3.37. The van der Waals surface area contributed by atoms with E-state index in [1.165, 1.54) is 18.6 Å². The van der Waals surface area contributed by atoms with E-state index in [2.05, 4.69) is 5.32 Å². The average molecular weight is 581 g/mol. The first-order valence-electron chi connectivity index (χ1n) is 14.5. The van der Waals surface area contributed by atoms with Crippen LogP contribution in [0.5, 0.6) is 11.5 Å². The number of carbonyl (C=O) groups is 1. The fourth-order valence-electron chi connectivity index (χ4n) is 4.94. The van der Waals surface area contributed by atoms with E-state index in [1.807, 2.05) is 0 Å². The second-order valence-electron chi connectivity index (χ2n) is 10.6. The number of nitrogens with zero attached hydrogens (tertiary/aromatic N) is 3. The Morgan fingerprint density at radius 3 is 2.59 bits per heavy atom. The molecule has 41 heavy (non-hydrogen) atoms. The zero-order valence-corrected chi connectivity index (χ0v) is 24.0. The first kappa shape index (κ1) is 29.1. The molecule has 5 rings (SSSR count). The van der Waals surface area contributed by atoms with E-state index in [-0.39, 0.29) is 29.6 Å². The van der Waals surface area contributed by atoms with Gasteiger partial charge in [0.05, 0.1) is 30.1 Å². The summed E-state index contributed by atoms with van der Waals surface area (Å²) in [4.78, 5) is 33.4. The van der Waals surface area contributed by atoms with Crippen molar-refractivity contribution < 1.29 is 19.0 Å². The molecule has 2 aliphatic rings. The number of aromatic hydroxyl groups is 1. The first-order valence-corrected chi connectivity index (χ1v) is 15.3. The number of hydrogen-bond acceptors (Lipinski definition) is 7. The van der Waals surface area contributed by atoms with E-state index in [0.717, 1.165) is 44.3 Å². The Bertz CT molecular complexity index is 1380. The highest BCUT2D eigenvalue weighted by Gasteiger charge is 2.28. The molecule has 1 fully saturated rings. The molecule has 0 unspecified atom stereocenters. The number of amides is 1. The zero-order chi connectivity index (χ0) is 28.6. The zero-order valence-electron chi connectivity index (χ0n) is 23.2. The molecule has 2 aromatic carbocycles. The number of halogens is 1. The number of hydrogen-bond donors (Lipinski definition) is 2. The monoisotopic (exact) mass is 580 g/mol. The van der Waals surface area contributed by atoms with Crippen LogP contribution in [0, 0.1) is 5.82 Å². The fraction of sp³-hybridized carbons (Fsp3) is 0.452. The highest BCUT2D eigenvalue weighted by atomic mass is 32.2. The molecule has 0 bridgehead atoms. The topological polar surface area (TPSA) is 96.7 Å². The van der Waals surface area contributed by atoms with Crippen LogP contribution in [0.15, 0.2) is 58.5 Å². The van der Waals surface area contributed by atoms with Crippen LogP contribution in [-0.4, -0.2) is 57.0 Å². The molecule has 218 valence electrons. The molecule has 0 radical (unpaired) electrons. The molecule has 1 aliphatic heterocycles. The number of benzene rings is 2. The molecule has 1 amide bonds. The van der Waals surface area contributed by atoms with Gasteiger partial charge in [0, 0.05) is 31.2 Å². The van der Waals surface area contributed by atoms with Gasteiger partial charge >= 0.3 is 0 Å². The number of ether oxygens (including phenoxy) is 1. The van der Waals surface area contributed by atoms with Crippen LogP contribution in [0.4, 0.5) is 4.39 Å². The lowest BCUT2D eigenvalue weighted by atomic mass is 10.0. The summed E-state index contributed by atoms with van der Waals surface area (Å²) in [6.07, 6.45) is 7.25. The van der Waals surface area contributed by atoms with Gasteiger partial charge in [-0.15, -0.1) is 0 Å².